The molecule has 1 aromatic heterocycles. The highest BCUT2D eigenvalue weighted by Gasteiger charge is 2.26. The summed E-state index contributed by atoms with van der Waals surface area (Å²) in [5.74, 6) is 2.42. The fourth-order valence-corrected chi connectivity index (χ4v) is 3.03. The smallest absolute Gasteiger partial charge is 0.230 e. The van der Waals surface area contributed by atoms with Gasteiger partial charge in [-0.25, -0.2) is 0 Å². The zero-order valence-corrected chi connectivity index (χ0v) is 14.2. The van der Waals surface area contributed by atoms with Crippen LogP contribution < -0.4 is 4.74 Å². The zero-order chi connectivity index (χ0) is 16.9. The second-order valence-corrected chi connectivity index (χ2v) is 6.09. The predicted molar refractivity (Wildman–Crippen MR) is 89.0 cm³/mol. The van der Waals surface area contributed by atoms with Gasteiger partial charge in [0.15, 0.2) is 5.78 Å². The number of aromatic nitrogens is 2. The van der Waals surface area contributed by atoms with E-state index in [1.807, 2.05) is 31.2 Å². The van der Waals surface area contributed by atoms with Crippen molar-refractivity contribution < 1.29 is 13.9 Å². The molecule has 1 aliphatic heterocycles. The minimum Gasteiger partial charge on any atom is -0.497 e. The van der Waals surface area contributed by atoms with Crippen LogP contribution in [0, 0.1) is 5.92 Å². The first-order chi connectivity index (χ1) is 11.7. The molecule has 1 aliphatic rings. The number of piperidine rings is 1. The van der Waals surface area contributed by atoms with Gasteiger partial charge in [0.25, 0.3) is 0 Å². The standard InChI is InChI=1S/C18H23N3O3/c1-3-16-19-20-17(24-16)12-21-10-8-14(9-11-21)18(22)13-4-6-15(23-2)7-5-13/h4-7,14H,3,8-12H2,1-2H3. The third-order valence-electron chi connectivity index (χ3n) is 4.50. The van der Waals surface area contributed by atoms with E-state index in [4.69, 9.17) is 9.15 Å². The summed E-state index contributed by atoms with van der Waals surface area (Å²) >= 11 is 0. The summed E-state index contributed by atoms with van der Waals surface area (Å²) in [5, 5.41) is 8.05. The van der Waals surface area contributed by atoms with Crippen molar-refractivity contribution >= 4 is 5.78 Å². The van der Waals surface area contributed by atoms with Gasteiger partial charge in [-0.05, 0) is 50.2 Å². The summed E-state index contributed by atoms with van der Waals surface area (Å²) in [6.45, 7) is 4.40. The molecule has 2 heterocycles. The first-order valence-electron chi connectivity index (χ1n) is 8.41. The van der Waals surface area contributed by atoms with Crippen molar-refractivity contribution in [3.63, 3.8) is 0 Å². The molecule has 0 aliphatic carbocycles. The average Bonchev–Trinajstić information content (AvgIpc) is 3.09. The highest BCUT2D eigenvalue weighted by molar-refractivity contribution is 5.98. The van der Waals surface area contributed by atoms with Crippen molar-refractivity contribution in [1.82, 2.24) is 15.1 Å². The van der Waals surface area contributed by atoms with E-state index in [2.05, 4.69) is 15.1 Å². The van der Waals surface area contributed by atoms with Crippen molar-refractivity contribution in [1.29, 1.82) is 0 Å². The molecule has 0 saturated carbocycles. The van der Waals surface area contributed by atoms with Gasteiger partial charge >= 0.3 is 0 Å². The van der Waals surface area contributed by atoms with Crippen LogP contribution in [-0.4, -0.2) is 41.1 Å². The van der Waals surface area contributed by atoms with Crippen molar-refractivity contribution in [3.8, 4) is 5.75 Å². The highest BCUT2D eigenvalue weighted by Crippen LogP contribution is 2.24. The number of methoxy groups -OCH3 is 1. The van der Waals surface area contributed by atoms with Gasteiger partial charge < -0.3 is 9.15 Å². The second kappa shape index (κ2) is 7.57. The number of Topliss-reactive ketones (excluding diaryl/α,β-unsaturated/α-hetero) is 1. The number of hydrogen-bond donors (Lipinski definition) is 0. The van der Waals surface area contributed by atoms with Crippen LogP contribution in [0.2, 0.25) is 0 Å². The molecule has 0 radical (unpaired) electrons. The van der Waals surface area contributed by atoms with Gasteiger partial charge in [-0.3, -0.25) is 9.69 Å². The minimum atomic E-state index is 0.0866. The van der Waals surface area contributed by atoms with Gasteiger partial charge in [-0.2, -0.15) is 0 Å². The van der Waals surface area contributed by atoms with E-state index in [0.717, 1.165) is 43.7 Å². The Balaban J connectivity index is 1.53. The first kappa shape index (κ1) is 16.6. The Labute approximate surface area is 141 Å². The van der Waals surface area contributed by atoms with Crippen LogP contribution in [0.25, 0.3) is 0 Å². The summed E-state index contributed by atoms with van der Waals surface area (Å²) in [6, 6.07) is 7.36. The normalized spacial score (nSPS) is 16.2. The van der Waals surface area contributed by atoms with Crippen molar-refractivity contribution in [3.05, 3.63) is 41.6 Å². The first-order valence-corrected chi connectivity index (χ1v) is 8.41. The van der Waals surface area contributed by atoms with Gasteiger partial charge in [-0.1, -0.05) is 6.92 Å². The number of rotatable bonds is 6. The molecule has 1 fully saturated rings. The second-order valence-electron chi connectivity index (χ2n) is 6.09. The van der Waals surface area contributed by atoms with Crippen LogP contribution in [0.3, 0.4) is 0 Å². The molecule has 0 amide bonds. The van der Waals surface area contributed by atoms with Crippen molar-refractivity contribution in [2.75, 3.05) is 20.2 Å². The van der Waals surface area contributed by atoms with Crippen molar-refractivity contribution in [2.45, 2.75) is 32.7 Å². The number of nitrogens with zero attached hydrogens (tertiary/aromatic N) is 3. The SMILES string of the molecule is CCc1nnc(CN2CCC(C(=O)c3ccc(OC)cc3)CC2)o1. The van der Waals surface area contributed by atoms with Gasteiger partial charge in [0.1, 0.15) is 5.75 Å². The minimum absolute atomic E-state index is 0.0866. The van der Waals surface area contributed by atoms with Gasteiger partial charge in [0, 0.05) is 17.9 Å². The van der Waals surface area contributed by atoms with E-state index in [0.29, 0.717) is 18.3 Å². The fraction of sp³-hybridized carbons (Fsp3) is 0.500. The Morgan fingerprint density at radius 3 is 2.46 bits per heavy atom. The van der Waals surface area contributed by atoms with Crippen LogP contribution in [0.4, 0.5) is 0 Å². The van der Waals surface area contributed by atoms with Gasteiger partial charge in [0.2, 0.25) is 11.8 Å². The molecule has 24 heavy (non-hydrogen) atoms. The number of likely N-dealkylation sites (tertiary alicyclic amines) is 1. The third kappa shape index (κ3) is 3.82. The summed E-state index contributed by atoms with van der Waals surface area (Å²) in [5.41, 5.74) is 0.763. The Hall–Kier alpha value is -2.21. The molecule has 0 atom stereocenters. The molecule has 1 saturated heterocycles. The summed E-state index contributed by atoms with van der Waals surface area (Å²) < 4.78 is 10.7. The maximum absolute atomic E-state index is 12.6. The molecular formula is C18H23N3O3. The number of aryl methyl sites for hydroxylation is 1. The maximum Gasteiger partial charge on any atom is 0.230 e. The molecule has 0 N–H and O–H groups in total. The molecule has 2 aromatic rings. The number of ether oxygens (including phenoxy) is 1. The lowest BCUT2D eigenvalue weighted by Crippen LogP contribution is -2.36. The quantitative estimate of drug-likeness (QED) is 0.759. The van der Waals surface area contributed by atoms with E-state index in [1.54, 1.807) is 7.11 Å². The average molecular weight is 329 g/mol. The number of carbonyl (C=O) groups excluding carboxylic acids is 1. The predicted octanol–water partition coefficient (Wildman–Crippen LogP) is 2.74. The Morgan fingerprint density at radius 1 is 1.21 bits per heavy atom. The summed E-state index contributed by atoms with van der Waals surface area (Å²) in [4.78, 5) is 14.9. The monoisotopic (exact) mass is 329 g/mol. The van der Waals surface area contributed by atoms with Crippen LogP contribution >= 0.6 is 0 Å². The van der Waals surface area contributed by atoms with Crippen LogP contribution in [-0.2, 0) is 13.0 Å². The van der Waals surface area contributed by atoms with E-state index >= 15 is 0 Å². The zero-order valence-electron chi connectivity index (χ0n) is 14.2. The van der Waals surface area contributed by atoms with Gasteiger partial charge in [-0.15, -0.1) is 10.2 Å². The molecular weight excluding hydrogens is 306 g/mol. The van der Waals surface area contributed by atoms with E-state index in [-0.39, 0.29) is 11.7 Å². The van der Waals surface area contributed by atoms with Gasteiger partial charge in [0.05, 0.1) is 13.7 Å². The van der Waals surface area contributed by atoms with Crippen LogP contribution in [0.1, 0.15) is 41.9 Å². The molecule has 0 bridgehead atoms. The highest BCUT2D eigenvalue weighted by atomic mass is 16.5. The number of benzene rings is 1. The molecule has 1 aromatic carbocycles. The topological polar surface area (TPSA) is 68.5 Å². The Morgan fingerprint density at radius 2 is 1.88 bits per heavy atom. The number of ketones is 1. The fourth-order valence-electron chi connectivity index (χ4n) is 3.03. The molecule has 3 rings (SSSR count). The number of carbonyl (C=O) groups is 1. The van der Waals surface area contributed by atoms with Crippen molar-refractivity contribution in [2.24, 2.45) is 5.92 Å². The molecule has 0 spiro atoms. The summed E-state index contributed by atoms with van der Waals surface area (Å²) in [6.07, 6.45) is 2.48. The van der Waals surface area contributed by atoms with Crippen LogP contribution in [0.5, 0.6) is 5.75 Å². The Kier molecular flexibility index (Phi) is 5.25. The Bertz CT molecular complexity index is 673. The van der Waals surface area contributed by atoms with E-state index in [9.17, 15) is 4.79 Å². The molecule has 6 heteroatoms. The summed E-state index contributed by atoms with van der Waals surface area (Å²) in [7, 11) is 1.62. The lowest BCUT2D eigenvalue weighted by molar-refractivity contribution is 0.0827. The molecule has 6 nitrogen and oxygen atoms in total. The van der Waals surface area contributed by atoms with E-state index < -0.39 is 0 Å². The maximum atomic E-state index is 12.6. The largest absolute Gasteiger partial charge is 0.497 e. The molecule has 0 unspecified atom stereocenters. The van der Waals surface area contributed by atoms with Crippen LogP contribution in [0.15, 0.2) is 28.7 Å². The lowest BCUT2D eigenvalue weighted by atomic mass is 9.89. The number of hydrogen-bond acceptors (Lipinski definition) is 6. The molecule has 128 valence electrons. The third-order valence-corrected chi connectivity index (χ3v) is 4.50. The van der Waals surface area contributed by atoms with E-state index in [1.165, 1.54) is 0 Å². The lowest BCUT2D eigenvalue weighted by Gasteiger charge is -2.30.